The van der Waals surface area contributed by atoms with Crippen molar-refractivity contribution in [1.82, 2.24) is 0 Å². The molecule has 0 fully saturated rings. The summed E-state index contributed by atoms with van der Waals surface area (Å²) in [5.41, 5.74) is 1.42. The minimum absolute atomic E-state index is 0.609. The van der Waals surface area contributed by atoms with Gasteiger partial charge in [0.15, 0.2) is 0 Å². The van der Waals surface area contributed by atoms with E-state index in [2.05, 4.69) is 56.4 Å². The van der Waals surface area contributed by atoms with Crippen molar-refractivity contribution < 1.29 is 0 Å². The molecule has 0 atom stereocenters. The van der Waals surface area contributed by atoms with Gasteiger partial charge in [0.25, 0.3) is 0 Å². The zero-order valence-electron chi connectivity index (χ0n) is 9.53. The summed E-state index contributed by atoms with van der Waals surface area (Å²) in [5.74, 6) is 0.609. The van der Waals surface area contributed by atoms with Gasteiger partial charge in [-0.15, -0.1) is 0 Å². The standard InChI is InChI=1S/C15H18/c1-12(2)14-10-9-13-7-5-3-4-6-8-15(13)11-14/h4,6-12H,3,5H2,1-2H3. The van der Waals surface area contributed by atoms with Crippen LogP contribution in [-0.2, 0) is 0 Å². The first-order valence-corrected chi connectivity index (χ1v) is 5.74. The van der Waals surface area contributed by atoms with E-state index in [9.17, 15) is 0 Å². The molecule has 0 aliphatic heterocycles. The van der Waals surface area contributed by atoms with Crippen LogP contribution in [-0.4, -0.2) is 0 Å². The summed E-state index contributed by atoms with van der Waals surface area (Å²) in [5, 5.41) is 2.74. The highest BCUT2D eigenvalue weighted by Gasteiger charge is 1.98. The first-order valence-electron chi connectivity index (χ1n) is 5.74. The molecular weight excluding hydrogens is 180 g/mol. The van der Waals surface area contributed by atoms with Gasteiger partial charge in [0.05, 0.1) is 0 Å². The molecule has 1 aromatic carbocycles. The molecular formula is C15H18. The lowest BCUT2D eigenvalue weighted by Crippen LogP contribution is -2.25. The Labute approximate surface area is 91.6 Å². The lowest BCUT2D eigenvalue weighted by atomic mass is 10.0. The van der Waals surface area contributed by atoms with Gasteiger partial charge < -0.3 is 0 Å². The molecule has 0 bridgehead atoms. The van der Waals surface area contributed by atoms with Gasteiger partial charge in [0, 0.05) is 0 Å². The van der Waals surface area contributed by atoms with Gasteiger partial charge in [0.1, 0.15) is 0 Å². The molecule has 1 aliphatic rings. The average Bonchev–Trinajstić information content (AvgIpc) is 2.18. The lowest BCUT2D eigenvalue weighted by Gasteiger charge is -2.05. The fraction of sp³-hybridized carbons (Fsp3) is 0.333. The van der Waals surface area contributed by atoms with Gasteiger partial charge >= 0.3 is 0 Å². The highest BCUT2D eigenvalue weighted by atomic mass is 14.0. The van der Waals surface area contributed by atoms with Crippen molar-refractivity contribution in [2.75, 3.05) is 0 Å². The Bertz CT molecular complexity index is 475. The summed E-state index contributed by atoms with van der Waals surface area (Å²) in [4.78, 5) is 0. The lowest BCUT2D eigenvalue weighted by molar-refractivity contribution is 0.864. The average molecular weight is 198 g/mol. The first-order chi connectivity index (χ1) is 7.27. The van der Waals surface area contributed by atoms with Crippen molar-refractivity contribution in [3.63, 3.8) is 0 Å². The van der Waals surface area contributed by atoms with Crippen LogP contribution in [0.5, 0.6) is 0 Å². The van der Waals surface area contributed by atoms with Crippen LogP contribution < -0.4 is 10.4 Å². The molecule has 0 saturated carbocycles. The van der Waals surface area contributed by atoms with E-state index in [0.717, 1.165) is 12.8 Å². The third-order valence-electron chi connectivity index (χ3n) is 2.89. The molecule has 0 spiro atoms. The second-order valence-electron chi connectivity index (χ2n) is 4.42. The molecule has 0 aromatic heterocycles. The maximum absolute atomic E-state index is 2.33. The van der Waals surface area contributed by atoms with Gasteiger partial charge in [0.2, 0.25) is 0 Å². The summed E-state index contributed by atoms with van der Waals surface area (Å²) in [7, 11) is 0. The zero-order valence-corrected chi connectivity index (χ0v) is 9.53. The van der Waals surface area contributed by atoms with E-state index < -0.39 is 0 Å². The van der Waals surface area contributed by atoms with E-state index in [1.807, 2.05) is 0 Å². The van der Waals surface area contributed by atoms with Crippen molar-refractivity contribution in [3.05, 3.63) is 46.4 Å². The first kappa shape index (κ1) is 10.2. The van der Waals surface area contributed by atoms with Crippen LogP contribution in [0.25, 0.3) is 12.2 Å². The summed E-state index contributed by atoms with van der Waals surface area (Å²) >= 11 is 0. The van der Waals surface area contributed by atoms with Crippen LogP contribution in [0.4, 0.5) is 0 Å². The Morgan fingerprint density at radius 1 is 1.07 bits per heavy atom. The number of hydrogen-bond acceptors (Lipinski definition) is 0. The van der Waals surface area contributed by atoms with E-state index in [1.54, 1.807) is 0 Å². The van der Waals surface area contributed by atoms with E-state index in [1.165, 1.54) is 16.0 Å². The normalized spacial score (nSPS) is 14.9. The summed E-state index contributed by atoms with van der Waals surface area (Å²) in [6.07, 6.45) is 11.3. The molecule has 2 rings (SSSR count). The fourth-order valence-electron chi connectivity index (χ4n) is 1.89. The van der Waals surface area contributed by atoms with E-state index >= 15 is 0 Å². The predicted molar refractivity (Wildman–Crippen MR) is 67.1 cm³/mol. The Hall–Kier alpha value is -1.30. The molecule has 0 amide bonds. The van der Waals surface area contributed by atoms with Crippen molar-refractivity contribution in [2.24, 2.45) is 0 Å². The smallest absolute Gasteiger partial charge is 0.0185 e. The number of benzene rings is 1. The second-order valence-corrected chi connectivity index (χ2v) is 4.42. The van der Waals surface area contributed by atoms with Crippen LogP contribution >= 0.6 is 0 Å². The predicted octanol–water partition coefficient (Wildman–Crippen LogP) is 2.72. The molecule has 78 valence electrons. The third-order valence-corrected chi connectivity index (χ3v) is 2.89. The van der Waals surface area contributed by atoms with Crippen LogP contribution in [0.2, 0.25) is 0 Å². The van der Waals surface area contributed by atoms with Gasteiger partial charge in [-0.2, -0.15) is 0 Å². The Kier molecular flexibility index (Phi) is 3.05. The topological polar surface area (TPSA) is 0 Å². The van der Waals surface area contributed by atoms with Crippen molar-refractivity contribution in [3.8, 4) is 0 Å². The van der Waals surface area contributed by atoms with Crippen LogP contribution in [0.3, 0.4) is 0 Å². The molecule has 1 aliphatic carbocycles. The number of allylic oxidation sites excluding steroid dienone is 2. The monoisotopic (exact) mass is 198 g/mol. The highest BCUT2D eigenvalue weighted by Crippen LogP contribution is 2.09. The molecule has 0 radical (unpaired) electrons. The second kappa shape index (κ2) is 4.48. The van der Waals surface area contributed by atoms with Crippen LogP contribution in [0.15, 0.2) is 30.4 Å². The molecule has 0 heterocycles. The highest BCUT2D eigenvalue weighted by molar-refractivity contribution is 5.42. The number of hydrogen-bond donors (Lipinski definition) is 0. The quantitative estimate of drug-likeness (QED) is 0.651. The van der Waals surface area contributed by atoms with Crippen LogP contribution in [0, 0.1) is 0 Å². The maximum atomic E-state index is 2.33. The molecule has 15 heavy (non-hydrogen) atoms. The minimum atomic E-state index is 0.609. The molecule has 0 heteroatoms. The Morgan fingerprint density at radius 3 is 2.73 bits per heavy atom. The Morgan fingerprint density at radius 2 is 1.93 bits per heavy atom. The molecule has 0 N–H and O–H groups in total. The molecule has 0 nitrogen and oxygen atoms in total. The molecule has 0 unspecified atom stereocenters. The Balaban J connectivity index is 2.61. The SMILES string of the molecule is CC(C)c1ccc2c(c1)=CC=CCCC=2. The molecule has 1 aromatic rings. The molecule has 0 saturated heterocycles. The van der Waals surface area contributed by atoms with E-state index in [-0.39, 0.29) is 0 Å². The largest absolute Gasteiger partial charge is 0.0842 e. The van der Waals surface area contributed by atoms with Gasteiger partial charge in [-0.1, -0.05) is 56.4 Å². The fourth-order valence-corrected chi connectivity index (χ4v) is 1.89. The summed E-state index contributed by atoms with van der Waals surface area (Å²) in [6, 6.07) is 6.81. The van der Waals surface area contributed by atoms with Crippen molar-refractivity contribution in [1.29, 1.82) is 0 Å². The summed E-state index contributed by atoms with van der Waals surface area (Å²) < 4.78 is 0. The number of fused-ring (bicyclic) bond motifs is 1. The van der Waals surface area contributed by atoms with Crippen molar-refractivity contribution in [2.45, 2.75) is 32.6 Å². The number of rotatable bonds is 1. The zero-order chi connectivity index (χ0) is 10.7. The van der Waals surface area contributed by atoms with E-state index in [0.29, 0.717) is 5.92 Å². The van der Waals surface area contributed by atoms with Gasteiger partial charge in [-0.3, -0.25) is 0 Å². The minimum Gasteiger partial charge on any atom is -0.0842 e. The third kappa shape index (κ3) is 2.38. The van der Waals surface area contributed by atoms with E-state index in [4.69, 9.17) is 0 Å². The van der Waals surface area contributed by atoms with Crippen LogP contribution in [0.1, 0.15) is 38.2 Å². The summed E-state index contributed by atoms with van der Waals surface area (Å²) in [6.45, 7) is 4.48. The van der Waals surface area contributed by atoms with Crippen molar-refractivity contribution >= 4 is 12.2 Å². The maximum Gasteiger partial charge on any atom is -0.0185 e. The van der Waals surface area contributed by atoms with Gasteiger partial charge in [-0.25, -0.2) is 0 Å². The van der Waals surface area contributed by atoms with Gasteiger partial charge in [-0.05, 0) is 34.8 Å².